The number of aromatic carboxylic acids is 1. The molecule has 0 aliphatic rings. The third-order valence-corrected chi connectivity index (χ3v) is 4.95. The maximum atomic E-state index is 12.6. The number of benzene rings is 1. The molecule has 1 N–H and O–H groups in total. The second-order valence-electron chi connectivity index (χ2n) is 4.39. The van der Waals surface area contributed by atoms with E-state index in [1.807, 2.05) is 6.92 Å². The summed E-state index contributed by atoms with van der Waals surface area (Å²) < 4.78 is 26.5. The molecule has 0 spiro atoms. The predicted molar refractivity (Wildman–Crippen MR) is 77.4 cm³/mol. The van der Waals surface area contributed by atoms with Crippen molar-refractivity contribution in [1.29, 1.82) is 0 Å². The first-order valence-corrected chi connectivity index (χ1v) is 7.74. The summed E-state index contributed by atoms with van der Waals surface area (Å²) in [6.07, 6.45) is 2.19. The van der Waals surface area contributed by atoms with Crippen molar-refractivity contribution >= 4 is 16.0 Å². The van der Waals surface area contributed by atoms with E-state index in [1.54, 1.807) is 0 Å². The molecule has 0 aromatic heterocycles. The number of nitrogens with zero attached hydrogens (tertiary/aromatic N) is 1. The Labute approximate surface area is 119 Å². The Morgan fingerprint density at radius 1 is 1.45 bits per heavy atom. The summed E-state index contributed by atoms with van der Waals surface area (Å²) in [6, 6.07) is 4.28. The van der Waals surface area contributed by atoms with Crippen molar-refractivity contribution in [3.05, 3.63) is 42.0 Å². The first-order chi connectivity index (χ1) is 9.36. The standard InChI is InChI=1S/C14H19NO4S/c1-4-9-15(10-5-2)20(18,19)13-8-6-7-12(11(13)3)14(16)17/h4,6-8H,1,5,9-10H2,2-3H3,(H,16,17). The van der Waals surface area contributed by atoms with Crippen molar-refractivity contribution in [2.75, 3.05) is 13.1 Å². The second kappa shape index (κ2) is 6.67. The van der Waals surface area contributed by atoms with Crippen molar-refractivity contribution in [3.8, 4) is 0 Å². The number of carbonyl (C=O) groups is 1. The molecule has 0 radical (unpaired) electrons. The van der Waals surface area contributed by atoms with Gasteiger partial charge in [0.15, 0.2) is 0 Å². The molecule has 0 fully saturated rings. The largest absolute Gasteiger partial charge is 0.478 e. The Balaban J connectivity index is 3.37. The maximum Gasteiger partial charge on any atom is 0.335 e. The van der Waals surface area contributed by atoms with Crippen LogP contribution in [0.3, 0.4) is 0 Å². The SMILES string of the molecule is C=CCN(CCC)S(=O)(=O)c1cccc(C(=O)O)c1C. The van der Waals surface area contributed by atoms with Gasteiger partial charge in [-0.05, 0) is 31.0 Å². The van der Waals surface area contributed by atoms with Crippen LogP contribution >= 0.6 is 0 Å². The molecule has 0 aliphatic heterocycles. The molecule has 1 aromatic carbocycles. The van der Waals surface area contributed by atoms with Gasteiger partial charge in [0.05, 0.1) is 10.5 Å². The topological polar surface area (TPSA) is 74.7 Å². The predicted octanol–water partition coefficient (Wildman–Crippen LogP) is 2.28. The minimum Gasteiger partial charge on any atom is -0.478 e. The number of sulfonamides is 1. The summed E-state index contributed by atoms with van der Waals surface area (Å²) in [5.41, 5.74) is 0.256. The fraction of sp³-hybridized carbons (Fsp3) is 0.357. The van der Waals surface area contributed by atoms with Crippen LogP contribution in [0.5, 0.6) is 0 Å². The van der Waals surface area contributed by atoms with Crippen molar-refractivity contribution < 1.29 is 18.3 Å². The van der Waals surface area contributed by atoms with Crippen LogP contribution in [0.2, 0.25) is 0 Å². The molecule has 0 aliphatic carbocycles. The van der Waals surface area contributed by atoms with E-state index in [9.17, 15) is 13.2 Å². The maximum absolute atomic E-state index is 12.6. The van der Waals surface area contributed by atoms with E-state index in [0.29, 0.717) is 13.0 Å². The molecule has 0 unspecified atom stereocenters. The van der Waals surface area contributed by atoms with Crippen LogP contribution in [0.25, 0.3) is 0 Å². The second-order valence-corrected chi connectivity index (χ2v) is 6.29. The van der Waals surface area contributed by atoms with E-state index in [4.69, 9.17) is 5.11 Å². The molecule has 0 heterocycles. The monoisotopic (exact) mass is 297 g/mol. The molecule has 1 rings (SSSR count). The number of carboxylic acid groups (broad SMARTS) is 1. The summed E-state index contributed by atoms with van der Waals surface area (Å²) in [4.78, 5) is 11.1. The molecule has 20 heavy (non-hydrogen) atoms. The summed E-state index contributed by atoms with van der Waals surface area (Å²) in [7, 11) is -3.71. The van der Waals surface area contributed by atoms with E-state index in [1.165, 1.54) is 35.5 Å². The van der Waals surface area contributed by atoms with Crippen LogP contribution in [-0.2, 0) is 10.0 Å². The number of hydrogen-bond acceptors (Lipinski definition) is 3. The molecule has 0 amide bonds. The Hall–Kier alpha value is -1.66. The Morgan fingerprint density at radius 2 is 2.10 bits per heavy atom. The fourth-order valence-corrected chi connectivity index (χ4v) is 3.72. The molecule has 0 saturated heterocycles. The minimum atomic E-state index is -3.71. The zero-order valence-electron chi connectivity index (χ0n) is 11.7. The molecule has 110 valence electrons. The lowest BCUT2D eigenvalue weighted by molar-refractivity contribution is 0.0696. The van der Waals surface area contributed by atoms with Crippen LogP contribution < -0.4 is 0 Å². The highest BCUT2D eigenvalue weighted by Gasteiger charge is 2.26. The average molecular weight is 297 g/mol. The molecule has 5 nitrogen and oxygen atoms in total. The first-order valence-electron chi connectivity index (χ1n) is 6.30. The first kappa shape index (κ1) is 16.4. The molecular formula is C14H19NO4S. The minimum absolute atomic E-state index is 0.00104. The van der Waals surface area contributed by atoms with Gasteiger partial charge in [-0.25, -0.2) is 13.2 Å². The van der Waals surface area contributed by atoms with Crippen molar-refractivity contribution in [2.24, 2.45) is 0 Å². The summed E-state index contributed by atoms with van der Waals surface area (Å²) in [6.45, 7) is 7.51. The fourth-order valence-electron chi connectivity index (χ4n) is 1.97. The molecular weight excluding hydrogens is 278 g/mol. The highest BCUT2D eigenvalue weighted by atomic mass is 32.2. The van der Waals surface area contributed by atoms with Crippen LogP contribution in [-0.4, -0.2) is 36.9 Å². The van der Waals surface area contributed by atoms with Gasteiger partial charge in [-0.3, -0.25) is 0 Å². The van der Waals surface area contributed by atoms with Gasteiger partial charge < -0.3 is 5.11 Å². The highest BCUT2D eigenvalue weighted by molar-refractivity contribution is 7.89. The molecule has 1 aromatic rings. The number of rotatable bonds is 7. The zero-order chi connectivity index (χ0) is 15.3. The van der Waals surface area contributed by atoms with Gasteiger partial charge in [0.1, 0.15) is 0 Å². The lowest BCUT2D eigenvalue weighted by atomic mass is 10.1. The van der Waals surface area contributed by atoms with Gasteiger partial charge in [-0.15, -0.1) is 6.58 Å². The summed E-state index contributed by atoms with van der Waals surface area (Å²) in [5, 5.41) is 9.08. The zero-order valence-corrected chi connectivity index (χ0v) is 12.5. The average Bonchev–Trinajstić information content (AvgIpc) is 2.38. The molecule has 6 heteroatoms. The number of carboxylic acids is 1. The van der Waals surface area contributed by atoms with Crippen LogP contribution in [0, 0.1) is 6.92 Å². The van der Waals surface area contributed by atoms with Crippen molar-refractivity contribution in [2.45, 2.75) is 25.2 Å². The third-order valence-electron chi connectivity index (χ3n) is 2.94. The Kier molecular flexibility index (Phi) is 5.47. The van der Waals surface area contributed by atoms with E-state index in [-0.39, 0.29) is 22.6 Å². The van der Waals surface area contributed by atoms with Crippen LogP contribution in [0.4, 0.5) is 0 Å². The smallest absolute Gasteiger partial charge is 0.335 e. The molecule has 0 saturated carbocycles. The quantitative estimate of drug-likeness (QED) is 0.783. The van der Waals surface area contributed by atoms with Crippen molar-refractivity contribution in [3.63, 3.8) is 0 Å². The lowest BCUT2D eigenvalue weighted by Crippen LogP contribution is -2.32. The molecule has 0 atom stereocenters. The van der Waals surface area contributed by atoms with Crippen LogP contribution in [0.1, 0.15) is 29.3 Å². The van der Waals surface area contributed by atoms with E-state index < -0.39 is 16.0 Å². The highest BCUT2D eigenvalue weighted by Crippen LogP contribution is 2.23. The van der Waals surface area contributed by atoms with Crippen LogP contribution in [0.15, 0.2) is 35.7 Å². The third kappa shape index (κ3) is 3.26. The van der Waals surface area contributed by atoms with Gasteiger partial charge in [0.2, 0.25) is 10.0 Å². The summed E-state index contributed by atoms with van der Waals surface area (Å²) in [5.74, 6) is -1.13. The van der Waals surface area contributed by atoms with E-state index in [0.717, 1.165) is 0 Å². The van der Waals surface area contributed by atoms with Gasteiger partial charge in [-0.2, -0.15) is 4.31 Å². The molecule has 0 bridgehead atoms. The lowest BCUT2D eigenvalue weighted by Gasteiger charge is -2.21. The summed E-state index contributed by atoms with van der Waals surface area (Å²) >= 11 is 0. The van der Waals surface area contributed by atoms with Gasteiger partial charge in [0, 0.05) is 13.1 Å². The van der Waals surface area contributed by atoms with E-state index in [2.05, 4.69) is 6.58 Å². The van der Waals surface area contributed by atoms with E-state index >= 15 is 0 Å². The van der Waals surface area contributed by atoms with Gasteiger partial charge in [0.25, 0.3) is 0 Å². The normalized spacial score (nSPS) is 11.6. The number of hydrogen-bond donors (Lipinski definition) is 1. The van der Waals surface area contributed by atoms with Gasteiger partial charge in [-0.1, -0.05) is 19.1 Å². The van der Waals surface area contributed by atoms with Gasteiger partial charge >= 0.3 is 5.97 Å². The Bertz CT molecular complexity index is 608. The van der Waals surface area contributed by atoms with Crippen molar-refractivity contribution in [1.82, 2.24) is 4.31 Å². The Morgan fingerprint density at radius 3 is 2.60 bits per heavy atom.